The lowest BCUT2D eigenvalue weighted by Crippen LogP contribution is -2.23. The molecule has 0 aromatic heterocycles. The second-order valence-corrected chi connectivity index (χ2v) is 6.28. The SMILES string of the molecule is O=C(O)COc1ccc(NC(=O)c2ccc(CN3CCCC3=O)cc2)cc1. The maximum absolute atomic E-state index is 12.3. The van der Waals surface area contributed by atoms with Crippen molar-refractivity contribution < 1.29 is 24.2 Å². The number of likely N-dealkylation sites (tertiary alicyclic amines) is 1. The fraction of sp³-hybridized carbons (Fsp3) is 0.250. The molecule has 27 heavy (non-hydrogen) atoms. The molecule has 3 rings (SSSR count). The highest BCUT2D eigenvalue weighted by atomic mass is 16.5. The van der Waals surface area contributed by atoms with E-state index >= 15 is 0 Å². The van der Waals surface area contributed by atoms with E-state index < -0.39 is 12.6 Å². The highest BCUT2D eigenvalue weighted by Gasteiger charge is 2.20. The normalized spacial score (nSPS) is 13.5. The van der Waals surface area contributed by atoms with Crippen LogP contribution < -0.4 is 10.1 Å². The van der Waals surface area contributed by atoms with E-state index in [0.717, 1.165) is 18.5 Å². The summed E-state index contributed by atoms with van der Waals surface area (Å²) in [4.78, 5) is 36.3. The largest absolute Gasteiger partial charge is 0.482 e. The van der Waals surface area contributed by atoms with Gasteiger partial charge in [0.1, 0.15) is 5.75 Å². The standard InChI is InChI=1S/C20H20N2O5/c23-18-2-1-11-22(18)12-14-3-5-15(6-4-14)20(26)21-16-7-9-17(10-8-16)27-13-19(24)25/h3-10H,1-2,11-13H2,(H,21,26)(H,24,25). The average Bonchev–Trinajstić information content (AvgIpc) is 3.06. The van der Waals surface area contributed by atoms with Crippen molar-refractivity contribution in [1.29, 1.82) is 0 Å². The van der Waals surface area contributed by atoms with Crippen molar-refractivity contribution >= 4 is 23.5 Å². The summed E-state index contributed by atoms with van der Waals surface area (Å²) in [6, 6.07) is 13.6. The Balaban J connectivity index is 1.56. The van der Waals surface area contributed by atoms with Crippen molar-refractivity contribution in [3.8, 4) is 5.75 Å². The lowest BCUT2D eigenvalue weighted by Gasteiger charge is -2.15. The molecule has 7 nitrogen and oxygen atoms in total. The molecular formula is C20H20N2O5. The van der Waals surface area contributed by atoms with Gasteiger partial charge in [0.2, 0.25) is 5.91 Å². The Labute approximate surface area is 156 Å². The van der Waals surface area contributed by atoms with Crippen LogP contribution in [0.15, 0.2) is 48.5 Å². The van der Waals surface area contributed by atoms with Crippen molar-refractivity contribution in [3.63, 3.8) is 0 Å². The number of nitrogens with one attached hydrogen (secondary N) is 1. The van der Waals surface area contributed by atoms with Gasteiger partial charge in [-0.05, 0) is 48.4 Å². The predicted octanol–water partition coefficient (Wildman–Crippen LogP) is 2.52. The number of aliphatic carboxylic acids is 1. The van der Waals surface area contributed by atoms with Crippen molar-refractivity contribution in [1.82, 2.24) is 4.90 Å². The molecule has 1 aliphatic rings. The first-order chi connectivity index (χ1) is 13.0. The number of benzene rings is 2. The molecule has 140 valence electrons. The summed E-state index contributed by atoms with van der Waals surface area (Å²) in [5, 5.41) is 11.4. The molecule has 1 saturated heterocycles. The Hall–Kier alpha value is -3.35. The van der Waals surface area contributed by atoms with Crippen LogP contribution in [0.25, 0.3) is 0 Å². The van der Waals surface area contributed by atoms with Crippen molar-refractivity contribution in [2.75, 3.05) is 18.5 Å². The average molecular weight is 368 g/mol. The summed E-state index contributed by atoms with van der Waals surface area (Å²) >= 11 is 0. The molecule has 2 amide bonds. The smallest absolute Gasteiger partial charge is 0.341 e. The molecule has 0 atom stereocenters. The van der Waals surface area contributed by atoms with Crippen LogP contribution in [0.2, 0.25) is 0 Å². The van der Waals surface area contributed by atoms with Gasteiger partial charge in [-0.25, -0.2) is 4.79 Å². The topological polar surface area (TPSA) is 95.9 Å². The zero-order valence-corrected chi connectivity index (χ0v) is 14.7. The minimum absolute atomic E-state index is 0.174. The van der Waals surface area contributed by atoms with Crippen LogP contribution in [0.4, 0.5) is 5.69 Å². The molecule has 0 unspecified atom stereocenters. The fourth-order valence-corrected chi connectivity index (χ4v) is 2.84. The van der Waals surface area contributed by atoms with E-state index in [1.807, 2.05) is 17.0 Å². The number of hydrogen-bond acceptors (Lipinski definition) is 4. The Morgan fingerprint density at radius 3 is 2.37 bits per heavy atom. The van der Waals surface area contributed by atoms with E-state index in [0.29, 0.717) is 30.0 Å². The van der Waals surface area contributed by atoms with Crippen LogP contribution in [0.5, 0.6) is 5.75 Å². The maximum atomic E-state index is 12.3. The van der Waals surface area contributed by atoms with Crippen LogP contribution >= 0.6 is 0 Å². The van der Waals surface area contributed by atoms with E-state index in [-0.39, 0.29) is 11.8 Å². The van der Waals surface area contributed by atoms with Gasteiger partial charge in [0.25, 0.3) is 5.91 Å². The van der Waals surface area contributed by atoms with Gasteiger partial charge in [-0.1, -0.05) is 12.1 Å². The van der Waals surface area contributed by atoms with Crippen LogP contribution in [-0.4, -0.2) is 40.9 Å². The minimum atomic E-state index is -1.05. The second-order valence-electron chi connectivity index (χ2n) is 6.28. The van der Waals surface area contributed by atoms with Gasteiger partial charge in [-0.2, -0.15) is 0 Å². The summed E-state index contributed by atoms with van der Waals surface area (Å²) in [6.45, 7) is 0.937. The van der Waals surface area contributed by atoms with Crippen LogP contribution in [-0.2, 0) is 16.1 Å². The van der Waals surface area contributed by atoms with Gasteiger partial charge in [0.15, 0.2) is 6.61 Å². The van der Waals surface area contributed by atoms with Crippen LogP contribution in [0.3, 0.4) is 0 Å². The highest BCUT2D eigenvalue weighted by molar-refractivity contribution is 6.04. The third-order valence-electron chi connectivity index (χ3n) is 4.24. The van der Waals surface area contributed by atoms with Gasteiger partial charge < -0.3 is 20.1 Å². The van der Waals surface area contributed by atoms with E-state index in [4.69, 9.17) is 9.84 Å². The highest BCUT2D eigenvalue weighted by Crippen LogP contribution is 2.18. The van der Waals surface area contributed by atoms with E-state index in [9.17, 15) is 14.4 Å². The number of carbonyl (C=O) groups is 3. The molecule has 2 aromatic rings. The zero-order valence-electron chi connectivity index (χ0n) is 14.7. The predicted molar refractivity (Wildman–Crippen MR) is 98.6 cm³/mol. The molecular weight excluding hydrogens is 348 g/mol. The first-order valence-electron chi connectivity index (χ1n) is 8.64. The quantitative estimate of drug-likeness (QED) is 0.783. The number of carbonyl (C=O) groups excluding carboxylic acids is 2. The van der Waals surface area contributed by atoms with Crippen molar-refractivity contribution in [2.24, 2.45) is 0 Å². The lowest BCUT2D eigenvalue weighted by atomic mass is 10.1. The molecule has 0 bridgehead atoms. The number of carboxylic acids is 1. The van der Waals surface area contributed by atoms with E-state index in [1.165, 1.54) is 0 Å². The van der Waals surface area contributed by atoms with Gasteiger partial charge >= 0.3 is 5.97 Å². The van der Waals surface area contributed by atoms with E-state index in [2.05, 4.69) is 5.32 Å². The number of nitrogens with zero attached hydrogens (tertiary/aromatic N) is 1. The van der Waals surface area contributed by atoms with Gasteiger partial charge in [-0.15, -0.1) is 0 Å². The van der Waals surface area contributed by atoms with E-state index in [1.54, 1.807) is 36.4 Å². The summed E-state index contributed by atoms with van der Waals surface area (Å²) in [5.41, 5.74) is 2.08. The van der Waals surface area contributed by atoms with Crippen molar-refractivity contribution in [2.45, 2.75) is 19.4 Å². The third kappa shape index (κ3) is 5.07. The molecule has 0 radical (unpaired) electrons. The first-order valence-corrected chi connectivity index (χ1v) is 8.64. The van der Waals surface area contributed by atoms with Crippen LogP contribution in [0, 0.1) is 0 Å². The summed E-state index contributed by atoms with van der Waals surface area (Å²) in [5.74, 6) is -0.716. The Bertz CT molecular complexity index is 830. The Kier molecular flexibility index (Phi) is 5.71. The van der Waals surface area contributed by atoms with Gasteiger partial charge in [0.05, 0.1) is 0 Å². The summed E-state index contributed by atoms with van der Waals surface area (Å²) < 4.78 is 5.05. The number of ether oxygens (including phenoxy) is 1. The fourth-order valence-electron chi connectivity index (χ4n) is 2.84. The molecule has 2 aromatic carbocycles. The molecule has 0 saturated carbocycles. The number of rotatable bonds is 7. The molecule has 1 aliphatic heterocycles. The second kappa shape index (κ2) is 8.35. The molecule has 1 fully saturated rings. The first kappa shape index (κ1) is 18.4. The third-order valence-corrected chi connectivity index (χ3v) is 4.24. The summed E-state index contributed by atoms with van der Waals surface area (Å²) in [6.07, 6.45) is 1.51. The van der Waals surface area contributed by atoms with Gasteiger partial charge in [0, 0.05) is 30.8 Å². The summed E-state index contributed by atoms with van der Waals surface area (Å²) in [7, 11) is 0. The van der Waals surface area contributed by atoms with Gasteiger partial charge in [-0.3, -0.25) is 9.59 Å². The number of anilines is 1. The molecule has 0 spiro atoms. The Morgan fingerprint density at radius 2 is 1.78 bits per heavy atom. The Morgan fingerprint density at radius 1 is 1.07 bits per heavy atom. The molecule has 2 N–H and O–H groups in total. The zero-order chi connectivity index (χ0) is 19.2. The molecule has 0 aliphatic carbocycles. The molecule has 1 heterocycles. The molecule has 7 heteroatoms. The maximum Gasteiger partial charge on any atom is 0.341 e. The monoisotopic (exact) mass is 368 g/mol. The minimum Gasteiger partial charge on any atom is -0.482 e. The lowest BCUT2D eigenvalue weighted by molar-refractivity contribution is -0.139. The number of amides is 2. The van der Waals surface area contributed by atoms with Crippen LogP contribution in [0.1, 0.15) is 28.8 Å². The number of hydrogen-bond donors (Lipinski definition) is 2. The number of carboxylic acid groups (broad SMARTS) is 1. The van der Waals surface area contributed by atoms with Crippen molar-refractivity contribution in [3.05, 3.63) is 59.7 Å².